The van der Waals surface area contributed by atoms with Gasteiger partial charge < -0.3 is 10.2 Å². The first-order chi connectivity index (χ1) is 12.1. The number of hydrogen-bond donors (Lipinski definition) is 1. The number of para-hydroxylation sites is 2. The number of nitrogens with zero attached hydrogens (tertiary/aromatic N) is 2. The molecule has 1 aromatic carbocycles. The lowest BCUT2D eigenvalue weighted by Crippen LogP contribution is -2.46. The van der Waals surface area contributed by atoms with Gasteiger partial charge in [-0.15, -0.1) is 0 Å². The average Bonchev–Trinajstić information content (AvgIpc) is 2.63. The van der Waals surface area contributed by atoms with E-state index >= 15 is 0 Å². The molecule has 0 aromatic heterocycles. The van der Waals surface area contributed by atoms with E-state index in [4.69, 9.17) is 0 Å². The molecule has 0 unspecified atom stereocenters. The number of piperidine rings is 1. The first-order valence-electron chi connectivity index (χ1n) is 9.35. The van der Waals surface area contributed by atoms with E-state index in [-0.39, 0.29) is 22.4 Å². The highest BCUT2D eigenvalue weighted by atomic mass is 16.6. The van der Waals surface area contributed by atoms with Gasteiger partial charge in [0.15, 0.2) is 0 Å². The van der Waals surface area contributed by atoms with Gasteiger partial charge in [0, 0.05) is 31.1 Å². The molecular weight excluding hydrogens is 318 g/mol. The summed E-state index contributed by atoms with van der Waals surface area (Å²) in [5, 5.41) is 14.5. The number of benzene rings is 1. The van der Waals surface area contributed by atoms with Crippen LogP contribution in [0.2, 0.25) is 0 Å². The van der Waals surface area contributed by atoms with Crippen LogP contribution in [0.15, 0.2) is 24.3 Å². The SMILES string of the molecule is C[C@H]1CCCC[C@@H]1NC(=O)C1CCN(c2ccccc2[N+](=O)[O-])CC1. The summed E-state index contributed by atoms with van der Waals surface area (Å²) < 4.78 is 0. The van der Waals surface area contributed by atoms with Crippen LogP contribution in [0.4, 0.5) is 11.4 Å². The van der Waals surface area contributed by atoms with Gasteiger partial charge in [0.25, 0.3) is 5.69 Å². The fourth-order valence-electron chi connectivity index (χ4n) is 4.10. The minimum atomic E-state index is -0.335. The molecule has 1 aromatic rings. The Bertz CT molecular complexity index is 626. The highest BCUT2D eigenvalue weighted by molar-refractivity contribution is 5.79. The predicted octanol–water partition coefficient (Wildman–Crippen LogP) is 3.51. The number of carbonyl (C=O) groups excluding carboxylic acids is 1. The van der Waals surface area contributed by atoms with Crippen LogP contribution in [0.5, 0.6) is 0 Å². The first-order valence-corrected chi connectivity index (χ1v) is 9.35. The number of rotatable bonds is 4. The molecule has 25 heavy (non-hydrogen) atoms. The summed E-state index contributed by atoms with van der Waals surface area (Å²) in [6, 6.07) is 7.16. The van der Waals surface area contributed by atoms with Crippen molar-refractivity contribution < 1.29 is 9.72 Å². The van der Waals surface area contributed by atoms with E-state index in [9.17, 15) is 14.9 Å². The molecule has 1 saturated carbocycles. The zero-order valence-corrected chi connectivity index (χ0v) is 14.8. The zero-order valence-electron chi connectivity index (χ0n) is 14.8. The first kappa shape index (κ1) is 17.7. The summed E-state index contributed by atoms with van der Waals surface area (Å²) in [7, 11) is 0. The van der Waals surface area contributed by atoms with Crippen molar-refractivity contribution in [1.29, 1.82) is 0 Å². The van der Waals surface area contributed by atoms with Gasteiger partial charge in [-0.3, -0.25) is 14.9 Å². The smallest absolute Gasteiger partial charge is 0.292 e. The predicted molar refractivity (Wildman–Crippen MR) is 97.6 cm³/mol. The van der Waals surface area contributed by atoms with Gasteiger partial charge in [0.1, 0.15) is 5.69 Å². The van der Waals surface area contributed by atoms with Gasteiger partial charge in [-0.05, 0) is 37.7 Å². The van der Waals surface area contributed by atoms with E-state index in [1.807, 2.05) is 11.0 Å². The van der Waals surface area contributed by atoms with E-state index in [0.717, 1.165) is 19.3 Å². The second-order valence-corrected chi connectivity index (χ2v) is 7.38. The zero-order chi connectivity index (χ0) is 17.8. The number of amides is 1. The molecule has 0 spiro atoms. The van der Waals surface area contributed by atoms with Crippen LogP contribution in [0.1, 0.15) is 45.4 Å². The number of nitrogens with one attached hydrogen (secondary N) is 1. The maximum absolute atomic E-state index is 12.6. The lowest BCUT2D eigenvalue weighted by molar-refractivity contribution is -0.384. The summed E-state index contributed by atoms with van der Waals surface area (Å²) in [6.07, 6.45) is 6.24. The van der Waals surface area contributed by atoms with Crippen LogP contribution < -0.4 is 10.2 Å². The molecule has 0 bridgehead atoms. The van der Waals surface area contributed by atoms with E-state index in [2.05, 4.69) is 12.2 Å². The lowest BCUT2D eigenvalue weighted by Gasteiger charge is -2.35. The van der Waals surface area contributed by atoms with Crippen LogP contribution in [-0.4, -0.2) is 30.0 Å². The number of carbonyl (C=O) groups is 1. The Morgan fingerprint density at radius 1 is 1.16 bits per heavy atom. The lowest BCUT2D eigenvalue weighted by atomic mass is 9.85. The average molecular weight is 345 g/mol. The van der Waals surface area contributed by atoms with Crippen LogP contribution in [-0.2, 0) is 4.79 Å². The summed E-state index contributed by atoms with van der Waals surface area (Å²) in [4.78, 5) is 25.5. The van der Waals surface area contributed by atoms with Crippen LogP contribution in [0.25, 0.3) is 0 Å². The minimum absolute atomic E-state index is 0.0214. The molecular formula is C19H27N3O3. The van der Waals surface area contributed by atoms with E-state index in [0.29, 0.717) is 30.7 Å². The summed E-state index contributed by atoms with van der Waals surface area (Å²) in [5.74, 6) is 0.749. The fourth-order valence-corrected chi connectivity index (χ4v) is 4.10. The second-order valence-electron chi connectivity index (χ2n) is 7.38. The van der Waals surface area contributed by atoms with Gasteiger partial charge in [-0.2, -0.15) is 0 Å². The Labute approximate surface area is 148 Å². The Morgan fingerprint density at radius 3 is 2.52 bits per heavy atom. The highest BCUT2D eigenvalue weighted by Gasteiger charge is 2.30. The monoisotopic (exact) mass is 345 g/mol. The third kappa shape index (κ3) is 4.11. The molecule has 6 heteroatoms. The third-order valence-corrected chi connectivity index (χ3v) is 5.72. The van der Waals surface area contributed by atoms with Crippen molar-refractivity contribution >= 4 is 17.3 Å². The van der Waals surface area contributed by atoms with Gasteiger partial charge >= 0.3 is 0 Å². The van der Waals surface area contributed by atoms with Crippen molar-refractivity contribution in [3.8, 4) is 0 Å². The van der Waals surface area contributed by atoms with E-state index in [1.54, 1.807) is 18.2 Å². The van der Waals surface area contributed by atoms with Crippen LogP contribution in [0, 0.1) is 22.0 Å². The highest BCUT2D eigenvalue weighted by Crippen LogP contribution is 2.31. The molecule has 0 radical (unpaired) electrons. The molecule has 1 heterocycles. The number of anilines is 1. The molecule has 1 saturated heterocycles. The maximum Gasteiger partial charge on any atom is 0.292 e. The van der Waals surface area contributed by atoms with Crippen LogP contribution in [0.3, 0.4) is 0 Å². The van der Waals surface area contributed by atoms with Gasteiger partial charge in [0.05, 0.1) is 4.92 Å². The number of nitro benzene ring substituents is 1. The summed E-state index contributed by atoms with van der Waals surface area (Å²) in [5.41, 5.74) is 0.800. The Morgan fingerprint density at radius 2 is 1.84 bits per heavy atom. The van der Waals surface area contributed by atoms with Gasteiger partial charge in [0.2, 0.25) is 5.91 Å². The fraction of sp³-hybridized carbons (Fsp3) is 0.632. The topological polar surface area (TPSA) is 75.5 Å². The van der Waals surface area contributed by atoms with E-state index in [1.165, 1.54) is 19.3 Å². The Hall–Kier alpha value is -2.11. The van der Waals surface area contributed by atoms with Crippen molar-refractivity contribution in [2.24, 2.45) is 11.8 Å². The molecule has 2 aliphatic rings. The normalized spacial score (nSPS) is 24.8. The standard InChI is InChI=1S/C19H27N3O3/c1-14-6-2-3-7-16(14)20-19(23)15-10-12-21(13-11-15)17-8-4-5-9-18(17)22(24)25/h4-5,8-9,14-16H,2-3,6-7,10-13H2,1H3,(H,20,23)/t14-,16-/m0/s1. The molecule has 1 aliphatic heterocycles. The molecule has 136 valence electrons. The third-order valence-electron chi connectivity index (χ3n) is 5.72. The second kappa shape index (κ2) is 7.85. The number of nitro groups is 1. The van der Waals surface area contributed by atoms with Crippen LogP contribution >= 0.6 is 0 Å². The summed E-state index contributed by atoms with van der Waals surface area (Å²) >= 11 is 0. The van der Waals surface area contributed by atoms with Crippen molar-refractivity contribution in [3.63, 3.8) is 0 Å². The maximum atomic E-state index is 12.6. The quantitative estimate of drug-likeness (QED) is 0.669. The van der Waals surface area contributed by atoms with Gasteiger partial charge in [-0.1, -0.05) is 31.9 Å². The molecule has 2 fully saturated rings. The minimum Gasteiger partial charge on any atom is -0.366 e. The van der Waals surface area contributed by atoms with E-state index < -0.39 is 0 Å². The molecule has 2 atom stereocenters. The molecule has 3 rings (SSSR count). The van der Waals surface area contributed by atoms with Crippen molar-refractivity contribution in [2.45, 2.75) is 51.5 Å². The molecule has 1 N–H and O–H groups in total. The largest absolute Gasteiger partial charge is 0.366 e. The van der Waals surface area contributed by atoms with Crippen molar-refractivity contribution in [3.05, 3.63) is 34.4 Å². The molecule has 6 nitrogen and oxygen atoms in total. The number of hydrogen-bond acceptors (Lipinski definition) is 4. The van der Waals surface area contributed by atoms with Crippen molar-refractivity contribution in [1.82, 2.24) is 5.32 Å². The Kier molecular flexibility index (Phi) is 5.56. The molecule has 1 amide bonds. The Balaban J connectivity index is 1.57. The molecule has 1 aliphatic carbocycles. The summed E-state index contributed by atoms with van der Waals surface area (Å²) in [6.45, 7) is 3.59. The van der Waals surface area contributed by atoms with Gasteiger partial charge in [-0.25, -0.2) is 0 Å². The van der Waals surface area contributed by atoms with Crippen molar-refractivity contribution in [2.75, 3.05) is 18.0 Å².